The fraction of sp³-hybridized carbons (Fsp3) is 0.350. The predicted octanol–water partition coefficient (Wildman–Crippen LogP) is 2.01. The average Bonchev–Trinajstić information content (AvgIpc) is 2.62. The molecule has 0 aliphatic rings. The van der Waals surface area contributed by atoms with E-state index in [2.05, 4.69) is 35.3 Å². The molecule has 0 unspecified atom stereocenters. The topological polar surface area (TPSA) is 52.0 Å². The highest BCUT2D eigenvalue weighted by molar-refractivity contribution is 9.10. The van der Waals surface area contributed by atoms with E-state index in [1.165, 1.54) is 4.90 Å². The Morgan fingerprint density at radius 3 is 2.31 bits per heavy atom. The third-order valence-electron chi connectivity index (χ3n) is 4.05. The van der Waals surface area contributed by atoms with Crippen LogP contribution in [0.3, 0.4) is 0 Å². The number of likely N-dealkylation sites (N-methyl/N-ethyl adjacent to an activating group) is 1. The van der Waals surface area contributed by atoms with Gasteiger partial charge in [0.2, 0.25) is 5.91 Å². The molecular weight excluding hydrogens is 396 g/mol. The van der Waals surface area contributed by atoms with Gasteiger partial charge in [-0.1, -0.05) is 46.3 Å². The Labute approximate surface area is 163 Å². The van der Waals surface area contributed by atoms with Gasteiger partial charge in [-0.25, -0.2) is 0 Å². The number of halogens is 1. The quantitative estimate of drug-likeness (QED) is 0.685. The SMILES string of the molecule is COc1cc(Br)c(CC(=O)N[C@@H](C[NH+](C)C)c2ccccc2)cc1OC. The monoisotopic (exact) mass is 421 g/mol. The molecule has 0 spiro atoms. The van der Waals surface area contributed by atoms with E-state index in [1.54, 1.807) is 14.2 Å². The van der Waals surface area contributed by atoms with Crippen LogP contribution < -0.4 is 19.7 Å². The van der Waals surface area contributed by atoms with Gasteiger partial charge in [0.05, 0.1) is 34.7 Å². The summed E-state index contributed by atoms with van der Waals surface area (Å²) in [5.74, 6) is 1.20. The number of nitrogens with one attached hydrogen (secondary N) is 2. The molecule has 0 radical (unpaired) electrons. The molecule has 5 nitrogen and oxygen atoms in total. The van der Waals surface area contributed by atoms with E-state index >= 15 is 0 Å². The van der Waals surface area contributed by atoms with Crippen LogP contribution in [-0.2, 0) is 11.2 Å². The number of rotatable bonds is 8. The summed E-state index contributed by atoms with van der Waals surface area (Å²) in [6, 6.07) is 13.7. The Balaban J connectivity index is 2.15. The van der Waals surface area contributed by atoms with E-state index in [0.717, 1.165) is 22.1 Å². The predicted molar refractivity (Wildman–Crippen MR) is 106 cm³/mol. The third-order valence-corrected chi connectivity index (χ3v) is 4.79. The van der Waals surface area contributed by atoms with Crippen LogP contribution in [0.15, 0.2) is 46.9 Å². The molecule has 2 aromatic rings. The highest BCUT2D eigenvalue weighted by atomic mass is 79.9. The molecule has 26 heavy (non-hydrogen) atoms. The van der Waals surface area contributed by atoms with E-state index in [4.69, 9.17) is 9.47 Å². The Kier molecular flexibility index (Phi) is 7.48. The summed E-state index contributed by atoms with van der Waals surface area (Å²) in [4.78, 5) is 13.9. The first-order valence-electron chi connectivity index (χ1n) is 8.48. The summed E-state index contributed by atoms with van der Waals surface area (Å²) < 4.78 is 11.4. The number of amides is 1. The molecule has 0 saturated heterocycles. The molecule has 2 rings (SSSR count). The number of methoxy groups -OCH3 is 2. The first kappa shape index (κ1) is 20.3. The van der Waals surface area contributed by atoms with Crippen molar-refractivity contribution < 1.29 is 19.2 Å². The van der Waals surface area contributed by atoms with Crippen molar-refractivity contribution in [3.05, 3.63) is 58.1 Å². The van der Waals surface area contributed by atoms with Gasteiger partial charge in [-0.3, -0.25) is 4.79 Å². The first-order chi connectivity index (χ1) is 12.4. The second-order valence-electron chi connectivity index (χ2n) is 6.42. The second kappa shape index (κ2) is 9.59. The van der Waals surface area contributed by atoms with Crippen molar-refractivity contribution in [1.82, 2.24) is 5.32 Å². The average molecular weight is 422 g/mol. The molecule has 6 heteroatoms. The van der Waals surface area contributed by atoms with Crippen molar-refractivity contribution in [2.24, 2.45) is 0 Å². The lowest BCUT2D eigenvalue weighted by atomic mass is 10.1. The van der Waals surface area contributed by atoms with Crippen molar-refractivity contribution in [3.63, 3.8) is 0 Å². The lowest BCUT2D eigenvalue weighted by Gasteiger charge is -2.21. The summed E-state index contributed by atoms with van der Waals surface area (Å²) >= 11 is 3.51. The van der Waals surface area contributed by atoms with Gasteiger partial charge >= 0.3 is 0 Å². The van der Waals surface area contributed by atoms with Crippen LogP contribution in [0, 0.1) is 0 Å². The van der Waals surface area contributed by atoms with Gasteiger partial charge in [0, 0.05) is 4.47 Å². The zero-order valence-electron chi connectivity index (χ0n) is 15.6. The molecule has 0 bridgehead atoms. The van der Waals surface area contributed by atoms with Crippen LogP contribution in [0.1, 0.15) is 17.2 Å². The van der Waals surface area contributed by atoms with Gasteiger partial charge in [-0.05, 0) is 23.3 Å². The van der Waals surface area contributed by atoms with Crippen molar-refractivity contribution in [2.45, 2.75) is 12.5 Å². The van der Waals surface area contributed by atoms with Crippen LogP contribution >= 0.6 is 15.9 Å². The molecular formula is C20H26BrN2O3+. The smallest absolute Gasteiger partial charge is 0.225 e. The minimum absolute atomic E-state index is 0.0342. The zero-order valence-corrected chi connectivity index (χ0v) is 17.2. The molecule has 1 atom stereocenters. The van der Waals surface area contributed by atoms with Crippen molar-refractivity contribution in [2.75, 3.05) is 34.9 Å². The molecule has 2 aromatic carbocycles. The van der Waals surface area contributed by atoms with Gasteiger partial charge < -0.3 is 19.7 Å². The molecule has 0 aliphatic carbocycles. The van der Waals surface area contributed by atoms with Crippen LogP contribution in [-0.4, -0.2) is 40.8 Å². The van der Waals surface area contributed by atoms with Gasteiger partial charge in [-0.2, -0.15) is 0 Å². The Morgan fingerprint density at radius 2 is 1.73 bits per heavy atom. The number of quaternary nitrogens is 1. The minimum Gasteiger partial charge on any atom is -0.493 e. The van der Waals surface area contributed by atoms with Gasteiger partial charge in [0.1, 0.15) is 12.6 Å². The molecule has 0 aliphatic heterocycles. The summed E-state index contributed by atoms with van der Waals surface area (Å²) in [5.41, 5.74) is 1.96. The zero-order chi connectivity index (χ0) is 19.1. The Morgan fingerprint density at radius 1 is 1.12 bits per heavy atom. The van der Waals surface area contributed by atoms with E-state index in [9.17, 15) is 4.79 Å². The van der Waals surface area contributed by atoms with Crippen molar-refractivity contribution >= 4 is 21.8 Å². The van der Waals surface area contributed by atoms with Gasteiger partial charge in [0.15, 0.2) is 11.5 Å². The summed E-state index contributed by atoms with van der Waals surface area (Å²) in [6.07, 6.45) is 0.257. The molecule has 0 heterocycles. The first-order valence-corrected chi connectivity index (χ1v) is 9.27. The van der Waals surface area contributed by atoms with E-state index < -0.39 is 0 Å². The van der Waals surface area contributed by atoms with E-state index in [-0.39, 0.29) is 18.4 Å². The van der Waals surface area contributed by atoms with E-state index in [1.807, 2.05) is 42.5 Å². The van der Waals surface area contributed by atoms with Crippen LogP contribution in [0.4, 0.5) is 0 Å². The molecule has 0 saturated carbocycles. The number of hydrogen-bond acceptors (Lipinski definition) is 3. The summed E-state index contributed by atoms with van der Waals surface area (Å²) in [7, 11) is 7.33. The summed E-state index contributed by atoms with van der Waals surface area (Å²) in [5, 5.41) is 3.15. The second-order valence-corrected chi connectivity index (χ2v) is 7.27. The third kappa shape index (κ3) is 5.47. The minimum atomic E-state index is -0.0346. The van der Waals surface area contributed by atoms with E-state index in [0.29, 0.717) is 11.5 Å². The lowest BCUT2D eigenvalue weighted by molar-refractivity contribution is -0.860. The Hall–Kier alpha value is -2.05. The number of ether oxygens (including phenoxy) is 2. The lowest BCUT2D eigenvalue weighted by Crippen LogP contribution is -3.06. The maximum atomic E-state index is 12.7. The maximum Gasteiger partial charge on any atom is 0.225 e. The highest BCUT2D eigenvalue weighted by Crippen LogP contribution is 2.33. The standard InChI is InChI=1S/C20H25BrN2O3/c1-23(2)13-17(14-8-6-5-7-9-14)22-20(24)11-15-10-18(25-3)19(26-4)12-16(15)21/h5-10,12,17H,11,13H2,1-4H3,(H,22,24)/p+1/t17-/m0/s1. The molecule has 0 fully saturated rings. The summed E-state index contributed by atoms with van der Waals surface area (Å²) in [6.45, 7) is 0.808. The van der Waals surface area contributed by atoms with Crippen molar-refractivity contribution in [1.29, 1.82) is 0 Å². The molecule has 1 amide bonds. The Bertz CT molecular complexity index is 735. The van der Waals surface area contributed by atoms with Crippen LogP contribution in [0.5, 0.6) is 11.5 Å². The van der Waals surface area contributed by atoms with Gasteiger partial charge in [0.25, 0.3) is 0 Å². The number of benzene rings is 2. The highest BCUT2D eigenvalue weighted by Gasteiger charge is 2.19. The van der Waals surface area contributed by atoms with Crippen molar-refractivity contribution in [3.8, 4) is 11.5 Å². The maximum absolute atomic E-state index is 12.7. The number of carbonyl (C=O) groups is 1. The number of hydrogen-bond donors (Lipinski definition) is 2. The molecule has 2 N–H and O–H groups in total. The molecule has 0 aromatic heterocycles. The molecule has 140 valence electrons. The number of carbonyl (C=O) groups excluding carboxylic acids is 1. The van der Waals surface area contributed by atoms with Crippen LogP contribution in [0.25, 0.3) is 0 Å². The fourth-order valence-corrected chi connectivity index (χ4v) is 3.26. The van der Waals surface area contributed by atoms with Crippen LogP contribution in [0.2, 0.25) is 0 Å². The van der Waals surface area contributed by atoms with Gasteiger partial charge in [-0.15, -0.1) is 0 Å². The fourth-order valence-electron chi connectivity index (χ4n) is 2.80. The normalized spacial score (nSPS) is 11.9. The largest absolute Gasteiger partial charge is 0.493 e.